The summed E-state index contributed by atoms with van der Waals surface area (Å²) in [5.74, 6) is 0.809. The molecule has 6 heteroatoms. The lowest BCUT2D eigenvalue weighted by Gasteiger charge is -2.33. The van der Waals surface area contributed by atoms with Crippen molar-refractivity contribution in [2.45, 2.75) is 65.0 Å². The second-order valence-electron chi connectivity index (χ2n) is 9.49. The van der Waals surface area contributed by atoms with E-state index in [1.807, 2.05) is 73.6 Å². The molecular formula is C29H40N4O2. The van der Waals surface area contributed by atoms with Gasteiger partial charge in [0.15, 0.2) is 0 Å². The number of amides is 1. The van der Waals surface area contributed by atoms with Gasteiger partial charge in [0.05, 0.1) is 23.5 Å². The van der Waals surface area contributed by atoms with Crippen LogP contribution in [0.15, 0.2) is 59.4 Å². The lowest BCUT2D eigenvalue weighted by Crippen LogP contribution is -2.42. The second kappa shape index (κ2) is 13.2. The third-order valence-corrected chi connectivity index (χ3v) is 6.49. The van der Waals surface area contributed by atoms with Gasteiger partial charge in [-0.1, -0.05) is 75.6 Å². The summed E-state index contributed by atoms with van der Waals surface area (Å²) in [5.41, 5.74) is 1.66. The van der Waals surface area contributed by atoms with Crippen molar-refractivity contribution in [1.82, 2.24) is 19.4 Å². The summed E-state index contributed by atoms with van der Waals surface area (Å²) in [7, 11) is 4.04. The van der Waals surface area contributed by atoms with Gasteiger partial charge in [-0.3, -0.25) is 14.2 Å². The molecule has 1 atom stereocenters. The summed E-state index contributed by atoms with van der Waals surface area (Å²) in [4.78, 5) is 36.2. The maximum absolute atomic E-state index is 13.7. The van der Waals surface area contributed by atoms with E-state index in [1.54, 1.807) is 4.57 Å². The molecular weight excluding hydrogens is 436 g/mol. The molecule has 1 unspecified atom stereocenters. The van der Waals surface area contributed by atoms with Gasteiger partial charge >= 0.3 is 0 Å². The smallest absolute Gasteiger partial charge is 0.261 e. The highest BCUT2D eigenvalue weighted by atomic mass is 16.2. The van der Waals surface area contributed by atoms with Crippen LogP contribution in [0.5, 0.6) is 0 Å². The lowest BCUT2D eigenvalue weighted by molar-refractivity contribution is -0.134. The van der Waals surface area contributed by atoms with Gasteiger partial charge in [0.1, 0.15) is 5.82 Å². The highest BCUT2D eigenvalue weighted by Gasteiger charge is 2.28. The number of unbranched alkanes of at least 4 members (excludes halogenated alkanes) is 3. The Morgan fingerprint density at radius 3 is 2.34 bits per heavy atom. The van der Waals surface area contributed by atoms with Crippen LogP contribution in [0.1, 0.15) is 69.8 Å². The molecule has 3 rings (SSSR count). The average molecular weight is 477 g/mol. The molecule has 0 spiro atoms. The normalized spacial score (nSPS) is 12.3. The van der Waals surface area contributed by atoms with Crippen molar-refractivity contribution in [3.8, 4) is 0 Å². The number of benzene rings is 2. The molecule has 0 radical (unpaired) electrons. The Kier molecular flexibility index (Phi) is 10.0. The summed E-state index contributed by atoms with van der Waals surface area (Å²) < 4.78 is 1.78. The van der Waals surface area contributed by atoms with E-state index in [4.69, 9.17) is 4.98 Å². The minimum atomic E-state index is -0.269. The first-order valence-electron chi connectivity index (χ1n) is 12.9. The molecule has 0 bridgehead atoms. The molecule has 1 aromatic heterocycles. The van der Waals surface area contributed by atoms with Crippen molar-refractivity contribution in [2.24, 2.45) is 0 Å². The Morgan fingerprint density at radius 1 is 0.943 bits per heavy atom. The summed E-state index contributed by atoms with van der Waals surface area (Å²) >= 11 is 0. The highest BCUT2D eigenvalue weighted by Crippen LogP contribution is 2.26. The number of carbonyl (C=O) groups excluding carboxylic acids is 1. The van der Waals surface area contributed by atoms with Crippen LogP contribution < -0.4 is 5.56 Å². The molecule has 2 aromatic carbocycles. The minimum absolute atomic E-state index is 0.0594. The van der Waals surface area contributed by atoms with E-state index in [0.717, 1.165) is 37.8 Å². The van der Waals surface area contributed by atoms with Crippen LogP contribution in [0.3, 0.4) is 0 Å². The van der Waals surface area contributed by atoms with Crippen LogP contribution in [0.25, 0.3) is 10.9 Å². The molecule has 0 N–H and O–H groups in total. The number of likely N-dealkylation sites (N-methyl/N-ethyl adjacent to an activating group) is 1. The maximum Gasteiger partial charge on any atom is 0.261 e. The summed E-state index contributed by atoms with van der Waals surface area (Å²) in [6.07, 6.45) is 5.46. The summed E-state index contributed by atoms with van der Waals surface area (Å²) in [6, 6.07) is 17.2. The zero-order valence-corrected chi connectivity index (χ0v) is 21.7. The third kappa shape index (κ3) is 7.01. The van der Waals surface area contributed by atoms with E-state index < -0.39 is 0 Å². The van der Waals surface area contributed by atoms with Gasteiger partial charge in [-0.2, -0.15) is 0 Å². The monoisotopic (exact) mass is 476 g/mol. The van der Waals surface area contributed by atoms with Crippen LogP contribution >= 0.6 is 0 Å². The molecule has 6 nitrogen and oxygen atoms in total. The fourth-order valence-corrected chi connectivity index (χ4v) is 4.51. The van der Waals surface area contributed by atoms with E-state index in [2.05, 4.69) is 18.7 Å². The molecule has 188 valence electrons. The zero-order valence-electron chi connectivity index (χ0n) is 21.7. The Balaban J connectivity index is 2.07. The van der Waals surface area contributed by atoms with Crippen molar-refractivity contribution in [3.05, 3.63) is 76.3 Å². The van der Waals surface area contributed by atoms with Gasteiger partial charge in [0.2, 0.25) is 5.91 Å². The first kappa shape index (κ1) is 26.6. The van der Waals surface area contributed by atoms with Crippen LogP contribution in [0, 0.1) is 0 Å². The van der Waals surface area contributed by atoms with Crippen molar-refractivity contribution >= 4 is 16.8 Å². The molecule has 35 heavy (non-hydrogen) atoms. The molecule has 1 amide bonds. The predicted octanol–water partition coefficient (Wildman–Crippen LogP) is 5.26. The Hall–Kier alpha value is -2.99. The average Bonchev–Trinajstić information content (AvgIpc) is 2.86. The van der Waals surface area contributed by atoms with Crippen molar-refractivity contribution in [1.29, 1.82) is 0 Å². The first-order valence-corrected chi connectivity index (χ1v) is 12.9. The van der Waals surface area contributed by atoms with E-state index in [9.17, 15) is 9.59 Å². The number of aromatic nitrogens is 2. The first-order chi connectivity index (χ1) is 17.0. The summed E-state index contributed by atoms with van der Waals surface area (Å²) in [6.45, 7) is 6.04. The maximum atomic E-state index is 13.7. The summed E-state index contributed by atoms with van der Waals surface area (Å²) in [5, 5.41) is 0.604. The van der Waals surface area contributed by atoms with Crippen LogP contribution in [0.4, 0.5) is 0 Å². The third-order valence-electron chi connectivity index (χ3n) is 6.49. The molecule has 0 fully saturated rings. The number of hydrogen-bond donors (Lipinski definition) is 0. The predicted molar refractivity (Wildman–Crippen MR) is 144 cm³/mol. The topological polar surface area (TPSA) is 58.4 Å². The van der Waals surface area contributed by atoms with Gasteiger partial charge < -0.3 is 9.80 Å². The Morgan fingerprint density at radius 2 is 1.66 bits per heavy atom. The van der Waals surface area contributed by atoms with Crippen molar-refractivity contribution in [2.75, 3.05) is 27.2 Å². The van der Waals surface area contributed by atoms with Gasteiger partial charge in [-0.15, -0.1) is 0 Å². The zero-order chi connectivity index (χ0) is 25.2. The fraction of sp³-hybridized carbons (Fsp3) is 0.483. The quantitative estimate of drug-likeness (QED) is 0.316. The van der Waals surface area contributed by atoms with E-state index in [0.29, 0.717) is 42.7 Å². The molecule has 0 saturated carbocycles. The standard InChI is InChI=1S/C29H40N4O2/c1-5-7-8-12-19-27(34)32(21-20-31(3)4)26(6-2)28-30-25-18-14-13-17-24(25)29(35)33(28)22-23-15-10-9-11-16-23/h9-11,13-18,26H,5-8,12,19-22H2,1-4H3. The number of hydrogen-bond acceptors (Lipinski definition) is 4. The SMILES string of the molecule is CCCCCCC(=O)N(CCN(C)C)C(CC)c1nc2ccccc2c(=O)n1Cc1ccccc1. The number of fused-ring (bicyclic) bond motifs is 1. The van der Waals surface area contributed by atoms with Gasteiger partial charge in [0, 0.05) is 19.5 Å². The number of para-hydroxylation sites is 1. The Bertz CT molecular complexity index is 1140. The van der Waals surface area contributed by atoms with E-state index in [1.165, 1.54) is 0 Å². The van der Waals surface area contributed by atoms with Gasteiger partial charge in [0.25, 0.3) is 5.56 Å². The highest BCUT2D eigenvalue weighted by molar-refractivity contribution is 5.78. The van der Waals surface area contributed by atoms with Crippen molar-refractivity contribution < 1.29 is 4.79 Å². The van der Waals surface area contributed by atoms with Gasteiger partial charge in [-0.25, -0.2) is 4.98 Å². The van der Waals surface area contributed by atoms with Crippen LogP contribution in [-0.2, 0) is 11.3 Å². The van der Waals surface area contributed by atoms with E-state index in [-0.39, 0.29) is 17.5 Å². The molecule has 0 aliphatic carbocycles. The molecule has 0 aliphatic heterocycles. The van der Waals surface area contributed by atoms with Crippen LogP contribution in [-0.4, -0.2) is 52.4 Å². The molecule has 0 saturated heterocycles. The molecule has 0 aliphatic rings. The number of rotatable bonds is 13. The lowest BCUT2D eigenvalue weighted by atomic mass is 10.1. The molecule has 3 aromatic rings. The molecule has 1 heterocycles. The second-order valence-corrected chi connectivity index (χ2v) is 9.49. The fourth-order valence-electron chi connectivity index (χ4n) is 4.51. The van der Waals surface area contributed by atoms with E-state index >= 15 is 0 Å². The Labute approximate surface area is 209 Å². The minimum Gasteiger partial charge on any atom is -0.331 e. The largest absolute Gasteiger partial charge is 0.331 e. The van der Waals surface area contributed by atoms with Crippen LogP contribution in [0.2, 0.25) is 0 Å². The van der Waals surface area contributed by atoms with Gasteiger partial charge in [-0.05, 0) is 44.6 Å². The number of nitrogens with zero attached hydrogens (tertiary/aromatic N) is 4. The number of carbonyl (C=O) groups is 1. The van der Waals surface area contributed by atoms with Crippen molar-refractivity contribution in [3.63, 3.8) is 0 Å².